The Morgan fingerprint density at radius 1 is 1.11 bits per heavy atom. The smallest absolute Gasteiger partial charge is 0.137 e. The number of fused-ring (bicyclic) bond motifs is 3. The number of imidazole rings is 1. The predicted molar refractivity (Wildman–Crippen MR) is 103 cm³/mol. The van der Waals surface area contributed by atoms with Gasteiger partial charge in [-0.1, -0.05) is 6.07 Å². The predicted octanol–water partition coefficient (Wildman–Crippen LogP) is 2.81. The molecule has 5 rings (SSSR count). The van der Waals surface area contributed by atoms with Crippen LogP contribution < -0.4 is 0 Å². The highest BCUT2D eigenvalue weighted by Gasteiger charge is 2.42. The lowest BCUT2D eigenvalue weighted by molar-refractivity contribution is -0.102. The van der Waals surface area contributed by atoms with Gasteiger partial charge in [0.2, 0.25) is 0 Å². The number of aromatic nitrogens is 4. The summed E-state index contributed by atoms with van der Waals surface area (Å²) >= 11 is 0. The summed E-state index contributed by atoms with van der Waals surface area (Å²) in [5, 5.41) is 0. The molecule has 2 aliphatic heterocycles. The van der Waals surface area contributed by atoms with Crippen molar-refractivity contribution in [3.05, 3.63) is 59.1 Å². The Balaban J connectivity index is 1.32. The van der Waals surface area contributed by atoms with Crippen LogP contribution in [-0.4, -0.2) is 43.9 Å². The van der Waals surface area contributed by atoms with Crippen LogP contribution in [0.15, 0.2) is 30.7 Å². The van der Waals surface area contributed by atoms with Crippen molar-refractivity contribution in [3.8, 4) is 0 Å². The minimum atomic E-state index is -0.228. The average Bonchev–Trinajstić information content (AvgIpc) is 3.06. The summed E-state index contributed by atoms with van der Waals surface area (Å²) in [7, 11) is 0. The van der Waals surface area contributed by atoms with E-state index in [2.05, 4.69) is 45.7 Å². The summed E-state index contributed by atoms with van der Waals surface area (Å²) in [6, 6.07) is 4.19. The second-order valence-corrected chi connectivity index (χ2v) is 7.86. The van der Waals surface area contributed by atoms with Gasteiger partial charge in [-0.05, 0) is 50.3 Å². The van der Waals surface area contributed by atoms with Crippen molar-refractivity contribution in [1.29, 1.82) is 0 Å². The third-order valence-corrected chi connectivity index (χ3v) is 5.86. The molecule has 27 heavy (non-hydrogen) atoms. The lowest BCUT2D eigenvalue weighted by atomic mass is 9.83. The number of ether oxygens (including phenoxy) is 1. The molecule has 3 aromatic rings. The molecule has 1 spiro atoms. The van der Waals surface area contributed by atoms with Crippen LogP contribution in [0.1, 0.15) is 41.2 Å². The first kappa shape index (κ1) is 16.8. The third kappa shape index (κ3) is 3.03. The van der Waals surface area contributed by atoms with Crippen LogP contribution in [0, 0.1) is 13.8 Å². The highest BCUT2D eigenvalue weighted by atomic mass is 16.5. The number of pyridine rings is 1. The Labute approximate surface area is 159 Å². The van der Waals surface area contributed by atoms with E-state index in [4.69, 9.17) is 14.7 Å². The highest BCUT2D eigenvalue weighted by molar-refractivity contribution is 5.41. The van der Waals surface area contributed by atoms with Gasteiger partial charge < -0.3 is 9.14 Å². The minimum Gasteiger partial charge on any atom is -0.368 e. The van der Waals surface area contributed by atoms with Gasteiger partial charge in [0.25, 0.3) is 0 Å². The number of nitrogens with zero attached hydrogens (tertiary/aromatic N) is 5. The molecular weight excluding hydrogens is 338 g/mol. The van der Waals surface area contributed by atoms with Crippen LogP contribution in [0.5, 0.6) is 0 Å². The molecular formula is C21H25N5O. The standard InChI is InChI=1S/C21H25N5O/c1-15-3-4-19-24-18(14-26(19)12-15)13-25-8-6-21(7-9-25)20-17(5-10-27-21)11-22-16(2)23-20/h3-4,11-12,14H,5-10,13H2,1-2H3. The molecule has 0 bridgehead atoms. The molecule has 0 saturated carbocycles. The molecule has 0 amide bonds. The Morgan fingerprint density at radius 3 is 2.81 bits per heavy atom. The molecule has 5 heterocycles. The molecule has 1 fully saturated rings. The zero-order valence-corrected chi connectivity index (χ0v) is 16.0. The maximum atomic E-state index is 6.31. The Morgan fingerprint density at radius 2 is 1.96 bits per heavy atom. The quantitative estimate of drug-likeness (QED) is 0.701. The van der Waals surface area contributed by atoms with Gasteiger partial charge in [-0.25, -0.2) is 15.0 Å². The molecule has 3 aromatic heterocycles. The number of rotatable bonds is 2. The van der Waals surface area contributed by atoms with Gasteiger partial charge in [0.1, 0.15) is 17.1 Å². The Hall–Kier alpha value is -2.31. The third-order valence-electron chi connectivity index (χ3n) is 5.86. The lowest BCUT2D eigenvalue weighted by Crippen LogP contribution is -2.47. The molecule has 0 atom stereocenters. The van der Waals surface area contributed by atoms with Gasteiger partial charge in [-0.3, -0.25) is 4.90 Å². The number of piperidine rings is 1. The van der Waals surface area contributed by atoms with Crippen LogP contribution >= 0.6 is 0 Å². The molecule has 0 aliphatic carbocycles. The average molecular weight is 363 g/mol. The van der Waals surface area contributed by atoms with E-state index in [9.17, 15) is 0 Å². The van der Waals surface area contributed by atoms with Gasteiger partial charge in [0.05, 0.1) is 18.0 Å². The van der Waals surface area contributed by atoms with E-state index in [1.165, 1.54) is 11.1 Å². The largest absolute Gasteiger partial charge is 0.368 e. The minimum absolute atomic E-state index is 0.228. The molecule has 1 saturated heterocycles. The first-order valence-corrected chi connectivity index (χ1v) is 9.75. The molecule has 0 unspecified atom stereocenters. The van der Waals surface area contributed by atoms with Gasteiger partial charge in [0, 0.05) is 38.2 Å². The summed E-state index contributed by atoms with van der Waals surface area (Å²) < 4.78 is 8.43. The van der Waals surface area contributed by atoms with Crippen LogP contribution in [-0.2, 0) is 23.3 Å². The Bertz CT molecular complexity index is 987. The van der Waals surface area contributed by atoms with Crippen molar-refractivity contribution in [2.24, 2.45) is 0 Å². The topological polar surface area (TPSA) is 55.5 Å². The molecule has 0 N–H and O–H groups in total. The molecule has 6 heteroatoms. The van der Waals surface area contributed by atoms with Crippen molar-refractivity contribution in [2.45, 2.75) is 45.3 Å². The van der Waals surface area contributed by atoms with Crippen molar-refractivity contribution in [1.82, 2.24) is 24.3 Å². The van der Waals surface area contributed by atoms with Crippen molar-refractivity contribution in [3.63, 3.8) is 0 Å². The van der Waals surface area contributed by atoms with Crippen molar-refractivity contribution in [2.75, 3.05) is 19.7 Å². The zero-order chi connectivity index (χ0) is 18.4. The maximum absolute atomic E-state index is 6.31. The molecule has 2 aliphatic rings. The van der Waals surface area contributed by atoms with Crippen LogP contribution in [0.25, 0.3) is 5.65 Å². The van der Waals surface area contributed by atoms with Crippen LogP contribution in [0.2, 0.25) is 0 Å². The van der Waals surface area contributed by atoms with Gasteiger partial charge >= 0.3 is 0 Å². The molecule has 0 radical (unpaired) electrons. The number of hydrogen-bond donors (Lipinski definition) is 0. The summed E-state index contributed by atoms with van der Waals surface area (Å²) in [6.45, 7) is 7.71. The number of likely N-dealkylation sites (tertiary alicyclic amines) is 1. The normalized spacial score (nSPS) is 19.5. The fraction of sp³-hybridized carbons (Fsp3) is 0.476. The van der Waals surface area contributed by atoms with Crippen molar-refractivity contribution >= 4 is 5.65 Å². The maximum Gasteiger partial charge on any atom is 0.137 e. The van der Waals surface area contributed by atoms with Crippen LogP contribution in [0.4, 0.5) is 0 Å². The summed E-state index contributed by atoms with van der Waals surface area (Å²) in [4.78, 5) is 16.4. The van der Waals surface area contributed by atoms with E-state index in [1.807, 2.05) is 13.1 Å². The first-order valence-electron chi connectivity index (χ1n) is 9.75. The first-order chi connectivity index (χ1) is 13.1. The monoisotopic (exact) mass is 363 g/mol. The zero-order valence-electron chi connectivity index (χ0n) is 16.0. The summed E-state index contributed by atoms with van der Waals surface area (Å²) in [6.07, 6.45) is 9.14. The van der Waals surface area contributed by atoms with Gasteiger partial charge in [-0.2, -0.15) is 0 Å². The highest BCUT2D eigenvalue weighted by Crippen LogP contribution is 2.40. The van der Waals surface area contributed by atoms with E-state index in [0.29, 0.717) is 0 Å². The van der Waals surface area contributed by atoms with E-state index in [1.54, 1.807) is 0 Å². The fourth-order valence-electron chi connectivity index (χ4n) is 4.41. The van der Waals surface area contributed by atoms with Crippen molar-refractivity contribution < 1.29 is 4.74 Å². The van der Waals surface area contributed by atoms with E-state index in [0.717, 1.165) is 68.4 Å². The van der Waals surface area contributed by atoms with Gasteiger partial charge in [0.15, 0.2) is 0 Å². The second kappa shape index (κ2) is 6.39. The molecule has 0 aromatic carbocycles. The Kier molecular flexibility index (Phi) is 3.98. The summed E-state index contributed by atoms with van der Waals surface area (Å²) in [5.74, 6) is 0.834. The number of aryl methyl sites for hydroxylation is 2. The summed E-state index contributed by atoms with van der Waals surface area (Å²) in [5.41, 5.74) is 5.55. The van der Waals surface area contributed by atoms with Gasteiger partial charge in [-0.15, -0.1) is 0 Å². The molecule has 6 nitrogen and oxygen atoms in total. The van der Waals surface area contributed by atoms with E-state index < -0.39 is 0 Å². The van der Waals surface area contributed by atoms with E-state index >= 15 is 0 Å². The lowest BCUT2D eigenvalue weighted by Gasteiger charge is -2.44. The van der Waals surface area contributed by atoms with Crippen LogP contribution in [0.3, 0.4) is 0 Å². The second-order valence-electron chi connectivity index (χ2n) is 7.86. The molecule has 140 valence electrons. The SMILES string of the molecule is Cc1ccc2nc(CN3CCC4(CC3)OCCc3cnc(C)nc34)cn2c1. The number of hydrogen-bond acceptors (Lipinski definition) is 5. The van der Waals surface area contributed by atoms with E-state index in [-0.39, 0.29) is 5.60 Å². The fourth-order valence-corrected chi connectivity index (χ4v) is 4.41.